The first-order valence-corrected chi connectivity index (χ1v) is 10.4. The van der Waals surface area contributed by atoms with E-state index in [0.29, 0.717) is 18.3 Å². The lowest BCUT2D eigenvalue weighted by Crippen LogP contribution is -2.45. The second-order valence-corrected chi connectivity index (χ2v) is 9.23. The molecule has 27 heavy (non-hydrogen) atoms. The number of benzene rings is 1. The molecule has 0 heterocycles. The number of carbonyl (C=O) groups excluding carboxylic acids is 1. The molecule has 0 spiro atoms. The van der Waals surface area contributed by atoms with Crippen molar-refractivity contribution in [2.75, 3.05) is 0 Å². The van der Waals surface area contributed by atoms with Gasteiger partial charge in [0, 0.05) is 12.3 Å². The first-order chi connectivity index (χ1) is 13.0. The molecule has 0 saturated heterocycles. The van der Waals surface area contributed by atoms with Crippen LogP contribution in [0.1, 0.15) is 63.4 Å². The van der Waals surface area contributed by atoms with Crippen LogP contribution in [0.3, 0.4) is 0 Å². The van der Waals surface area contributed by atoms with Crippen LogP contribution in [0.25, 0.3) is 0 Å². The van der Waals surface area contributed by atoms with Gasteiger partial charge < -0.3 is 5.11 Å². The summed E-state index contributed by atoms with van der Waals surface area (Å²) < 4.78 is 13.6. The molecule has 0 amide bonds. The Morgan fingerprint density at radius 1 is 1.07 bits per heavy atom. The average molecular weight is 366 g/mol. The molecule has 0 bridgehead atoms. The fourth-order valence-corrected chi connectivity index (χ4v) is 6.63. The van der Waals surface area contributed by atoms with Crippen molar-refractivity contribution >= 4 is 5.78 Å². The van der Waals surface area contributed by atoms with E-state index in [9.17, 15) is 14.3 Å². The van der Waals surface area contributed by atoms with Gasteiger partial charge in [0.15, 0.2) is 5.78 Å². The normalized spacial score (nSPS) is 38.2. The van der Waals surface area contributed by atoms with Crippen LogP contribution in [0.2, 0.25) is 0 Å². The van der Waals surface area contributed by atoms with Gasteiger partial charge in [-0.25, -0.2) is 4.39 Å². The Morgan fingerprint density at radius 3 is 2.63 bits per heavy atom. The lowest BCUT2D eigenvalue weighted by Gasteiger charge is -2.52. The van der Waals surface area contributed by atoms with E-state index in [0.717, 1.165) is 44.1 Å². The predicted molar refractivity (Wildman–Crippen MR) is 103 cm³/mol. The fourth-order valence-electron chi connectivity index (χ4n) is 6.63. The zero-order valence-corrected chi connectivity index (χ0v) is 15.9. The maximum Gasteiger partial charge on any atom is 0.156 e. The van der Waals surface area contributed by atoms with E-state index in [1.54, 1.807) is 12.1 Å². The number of fused-ring (bicyclic) bond motifs is 4. The topological polar surface area (TPSA) is 37.3 Å². The molecule has 1 aromatic carbocycles. The van der Waals surface area contributed by atoms with Gasteiger partial charge in [0.1, 0.15) is 5.82 Å². The molecular weight excluding hydrogens is 339 g/mol. The summed E-state index contributed by atoms with van der Waals surface area (Å²) in [7, 11) is 0. The Labute approximate surface area is 160 Å². The van der Waals surface area contributed by atoms with Gasteiger partial charge in [-0.05, 0) is 90.7 Å². The summed E-state index contributed by atoms with van der Waals surface area (Å²) in [5, 5.41) is 10.8. The Hall–Kier alpha value is -1.74. The van der Waals surface area contributed by atoms with Crippen molar-refractivity contribution < 1.29 is 14.3 Å². The van der Waals surface area contributed by atoms with E-state index in [-0.39, 0.29) is 29.0 Å². The lowest BCUT2D eigenvalue weighted by atomic mass is 9.53. The number of carbonyl (C=O) groups is 1. The van der Waals surface area contributed by atoms with E-state index >= 15 is 0 Å². The zero-order chi connectivity index (χ0) is 18.8. The minimum absolute atomic E-state index is 0.0700. The van der Waals surface area contributed by atoms with Crippen LogP contribution in [0.15, 0.2) is 47.1 Å². The molecule has 5 unspecified atom stereocenters. The summed E-state index contributed by atoms with van der Waals surface area (Å²) in [5.74, 6) is 1.27. The summed E-state index contributed by atoms with van der Waals surface area (Å²) in [6.07, 6.45) is 8.03. The summed E-state index contributed by atoms with van der Waals surface area (Å²) in [4.78, 5) is 12.0. The minimum Gasteiger partial charge on any atom is -0.393 e. The van der Waals surface area contributed by atoms with Crippen molar-refractivity contribution in [3.05, 3.63) is 58.4 Å². The molecule has 3 heteroatoms. The maximum absolute atomic E-state index is 13.6. The zero-order valence-electron chi connectivity index (χ0n) is 15.9. The van der Waals surface area contributed by atoms with Gasteiger partial charge in [0.2, 0.25) is 0 Å². The van der Waals surface area contributed by atoms with Crippen molar-refractivity contribution in [1.82, 2.24) is 0 Å². The number of aliphatic hydroxyl groups is 1. The SMILES string of the molecule is CC12CC(c3ccc(F)cc3)C3=C4CCC(=O)C=C4CCC3C1CCC2O. The molecule has 2 nitrogen and oxygen atoms in total. The third-order valence-corrected chi connectivity index (χ3v) is 7.95. The quantitative estimate of drug-likeness (QED) is 0.752. The number of hydrogen-bond acceptors (Lipinski definition) is 2. The van der Waals surface area contributed by atoms with Gasteiger partial charge in [0.25, 0.3) is 0 Å². The van der Waals surface area contributed by atoms with Crippen LogP contribution >= 0.6 is 0 Å². The number of aliphatic hydroxyl groups excluding tert-OH is 1. The van der Waals surface area contributed by atoms with Crippen molar-refractivity contribution in [2.45, 2.75) is 63.9 Å². The van der Waals surface area contributed by atoms with Crippen LogP contribution in [-0.4, -0.2) is 17.0 Å². The molecule has 0 aliphatic heterocycles. The van der Waals surface area contributed by atoms with Gasteiger partial charge in [-0.2, -0.15) is 0 Å². The van der Waals surface area contributed by atoms with E-state index in [1.165, 1.54) is 16.7 Å². The van der Waals surface area contributed by atoms with Gasteiger partial charge >= 0.3 is 0 Å². The molecule has 2 fully saturated rings. The molecule has 0 aromatic heterocycles. The van der Waals surface area contributed by atoms with Crippen LogP contribution in [0.5, 0.6) is 0 Å². The minimum atomic E-state index is -0.248. The van der Waals surface area contributed by atoms with Crippen molar-refractivity contribution in [2.24, 2.45) is 17.3 Å². The van der Waals surface area contributed by atoms with Gasteiger partial charge in [-0.15, -0.1) is 0 Å². The Morgan fingerprint density at radius 2 is 1.85 bits per heavy atom. The molecule has 4 aliphatic rings. The third-order valence-electron chi connectivity index (χ3n) is 7.95. The number of rotatable bonds is 1. The molecule has 1 N–H and O–H groups in total. The second kappa shape index (κ2) is 6.13. The number of ketones is 1. The van der Waals surface area contributed by atoms with Crippen LogP contribution in [-0.2, 0) is 4.79 Å². The van der Waals surface area contributed by atoms with Crippen LogP contribution < -0.4 is 0 Å². The summed E-state index contributed by atoms with van der Waals surface area (Å²) in [5.41, 5.74) is 5.24. The molecule has 2 saturated carbocycles. The van der Waals surface area contributed by atoms with E-state index in [2.05, 4.69) is 6.92 Å². The first kappa shape index (κ1) is 17.4. The van der Waals surface area contributed by atoms with Gasteiger partial charge in [-0.3, -0.25) is 4.79 Å². The highest BCUT2D eigenvalue weighted by Crippen LogP contribution is 2.63. The highest BCUT2D eigenvalue weighted by molar-refractivity contribution is 5.93. The molecule has 5 rings (SSSR count). The summed E-state index contributed by atoms with van der Waals surface area (Å²) in [6.45, 7) is 2.27. The Kier molecular flexibility index (Phi) is 3.94. The lowest BCUT2D eigenvalue weighted by molar-refractivity contribution is -0.114. The fraction of sp³-hybridized carbons (Fsp3) is 0.542. The van der Waals surface area contributed by atoms with Gasteiger partial charge in [-0.1, -0.05) is 24.6 Å². The Balaban J connectivity index is 1.68. The molecule has 0 radical (unpaired) electrons. The van der Waals surface area contributed by atoms with Gasteiger partial charge in [0.05, 0.1) is 6.10 Å². The molecule has 4 aliphatic carbocycles. The summed E-state index contributed by atoms with van der Waals surface area (Å²) >= 11 is 0. The second-order valence-electron chi connectivity index (χ2n) is 9.23. The number of halogens is 1. The smallest absolute Gasteiger partial charge is 0.156 e. The highest BCUT2D eigenvalue weighted by Gasteiger charge is 2.56. The van der Waals surface area contributed by atoms with Crippen molar-refractivity contribution in [1.29, 1.82) is 0 Å². The largest absolute Gasteiger partial charge is 0.393 e. The molecule has 142 valence electrons. The standard InChI is InChI=1S/C24H27FO2/c1-24-13-20(14-2-5-16(25)6-3-14)23-18-9-7-17(26)12-15(18)4-8-19(23)21(24)10-11-22(24)27/h2-3,5-6,12,19-22,27H,4,7-11,13H2,1H3. The van der Waals surface area contributed by atoms with Crippen LogP contribution in [0, 0.1) is 23.1 Å². The highest BCUT2D eigenvalue weighted by atomic mass is 19.1. The van der Waals surface area contributed by atoms with E-state index in [4.69, 9.17) is 0 Å². The van der Waals surface area contributed by atoms with E-state index < -0.39 is 0 Å². The predicted octanol–water partition coefficient (Wildman–Crippen LogP) is 5.09. The van der Waals surface area contributed by atoms with E-state index in [1.807, 2.05) is 18.2 Å². The number of hydrogen-bond donors (Lipinski definition) is 1. The van der Waals surface area contributed by atoms with Crippen LogP contribution in [0.4, 0.5) is 4.39 Å². The number of allylic oxidation sites excluding steroid dienone is 4. The Bertz CT molecular complexity index is 850. The first-order valence-electron chi connectivity index (χ1n) is 10.4. The molecule has 5 atom stereocenters. The van der Waals surface area contributed by atoms with Crippen molar-refractivity contribution in [3.63, 3.8) is 0 Å². The molecule has 1 aromatic rings. The monoisotopic (exact) mass is 366 g/mol. The molecular formula is C24H27FO2. The third kappa shape index (κ3) is 2.58. The average Bonchev–Trinajstić information content (AvgIpc) is 2.96. The van der Waals surface area contributed by atoms with Crippen molar-refractivity contribution in [3.8, 4) is 0 Å². The summed E-state index contributed by atoms with van der Waals surface area (Å²) in [6, 6.07) is 6.95. The maximum atomic E-state index is 13.6.